The lowest BCUT2D eigenvalue weighted by Gasteiger charge is -2.23. The number of anilines is 3. The van der Waals surface area contributed by atoms with Crippen LogP contribution in [0.1, 0.15) is 31.9 Å². The van der Waals surface area contributed by atoms with Crippen molar-refractivity contribution < 1.29 is 0 Å². The third kappa shape index (κ3) is 1.70. The lowest BCUT2D eigenvalue weighted by atomic mass is 9.86. The van der Waals surface area contributed by atoms with Gasteiger partial charge >= 0.3 is 0 Å². The van der Waals surface area contributed by atoms with Crippen LogP contribution in [0.4, 0.5) is 17.2 Å². The molecule has 1 unspecified atom stereocenters. The summed E-state index contributed by atoms with van der Waals surface area (Å²) in [6, 6.07) is 11.1. The minimum absolute atomic E-state index is 0.199. The Morgan fingerprint density at radius 2 is 1.95 bits per heavy atom. The van der Waals surface area contributed by atoms with E-state index in [1.165, 1.54) is 22.5 Å². The molecular weight excluding hydrogens is 258 g/mol. The summed E-state index contributed by atoms with van der Waals surface area (Å²) in [5.41, 5.74) is 5.59. The number of hydrogen-bond donors (Lipinski definition) is 0. The average Bonchev–Trinajstić information content (AvgIpc) is 2.95. The van der Waals surface area contributed by atoms with Gasteiger partial charge in [0.2, 0.25) is 0 Å². The maximum absolute atomic E-state index is 4.61. The van der Waals surface area contributed by atoms with Crippen LogP contribution < -0.4 is 9.80 Å². The highest BCUT2D eigenvalue weighted by molar-refractivity contribution is 5.84. The molecule has 0 radical (unpaired) electrons. The van der Waals surface area contributed by atoms with E-state index in [2.05, 4.69) is 66.9 Å². The summed E-state index contributed by atoms with van der Waals surface area (Å²) in [7, 11) is 2.17. The normalized spacial score (nSPS) is 19.5. The number of hydrogen-bond acceptors (Lipinski definition) is 3. The van der Waals surface area contributed by atoms with Crippen LogP contribution in [0.15, 0.2) is 36.5 Å². The van der Waals surface area contributed by atoms with Crippen molar-refractivity contribution in [3.8, 4) is 0 Å². The summed E-state index contributed by atoms with van der Waals surface area (Å²) in [6.45, 7) is 6.81. The summed E-state index contributed by atoms with van der Waals surface area (Å²) in [5, 5.41) is 0. The van der Waals surface area contributed by atoms with Crippen molar-refractivity contribution in [3.63, 3.8) is 0 Å². The predicted molar refractivity (Wildman–Crippen MR) is 87.4 cm³/mol. The zero-order valence-electron chi connectivity index (χ0n) is 13.1. The van der Waals surface area contributed by atoms with Crippen LogP contribution in [0.5, 0.6) is 0 Å². The molecule has 0 bridgehead atoms. The molecule has 0 spiro atoms. The van der Waals surface area contributed by atoms with Gasteiger partial charge in [0.1, 0.15) is 6.17 Å². The molecule has 1 atom stereocenters. The van der Waals surface area contributed by atoms with Gasteiger partial charge < -0.3 is 9.80 Å². The molecule has 2 aliphatic rings. The van der Waals surface area contributed by atoms with Crippen LogP contribution in [-0.2, 0) is 11.8 Å². The molecule has 3 heteroatoms. The third-order valence-electron chi connectivity index (χ3n) is 4.73. The minimum atomic E-state index is 0.199. The predicted octanol–water partition coefficient (Wildman–Crippen LogP) is 3.85. The molecule has 2 aromatic rings. The maximum Gasteiger partial charge on any atom is 0.158 e. The number of likely N-dealkylation sites (N-methyl/N-ethyl adjacent to an activating group) is 1. The minimum Gasteiger partial charge on any atom is -0.351 e. The van der Waals surface area contributed by atoms with Gasteiger partial charge in [-0.3, -0.25) is 0 Å². The fourth-order valence-corrected chi connectivity index (χ4v) is 3.47. The Balaban J connectivity index is 1.84. The molecule has 4 rings (SSSR count). The molecule has 0 aliphatic carbocycles. The Morgan fingerprint density at radius 1 is 1.14 bits per heavy atom. The van der Waals surface area contributed by atoms with E-state index in [1.807, 2.05) is 12.3 Å². The first-order valence-corrected chi connectivity index (χ1v) is 7.57. The van der Waals surface area contributed by atoms with Crippen molar-refractivity contribution in [2.45, 2.75) is 38.8 Å². The first-order valence-electron chi connectivity index (χ1n) is 7.57. The smallest absolute Gasteiger partial charge is 0.158 e. The molecule has 108 valence electrons. The van der Waals surface area contributed by atoms with Gasteiger partial charge in [-0.05, 0) is 34.7 Å². The van der Waals surface area contributed by atoms with Crippen molar-refractivity contribution >= 4 is 17.2 Å². The largest absolute Gasteiger partial charge is 0.351 e. The maximum atomic E-state index is 4.61. The van der Waals surface area contributed by atoms with Gasteiger partial charge in [0.05, 0.1) is 5.69 Å². The van der Waals surface area contributed by atoms with Crippen LogP contribution >= 0.6 is 0 Å². The number of rotatable bonds is 0. The summed E-state index contributed by atoms with van der Waals surface area (Å²) in [5.74, 6) is 1.09. The van der Waals surface area contributed by atoms with Gasteiger partial charge in [0, 0.05) is 25.4 Å². The van der Waals surface area contributed by atoms with E-state index in [1.54, 1.807) is 0 Å². The summed E-state index contributed by atoms with van der Waals surface area (Å²) in [6.07, 6.45) is 3.32. The van der Waals surface area contributed by atoms with Crippen molar-refractivity contribution in [3.05, 3.63) is 47.7 Å². The Morgan fingerprint density at radius 3 is 2.71 bits per heavy atom. The average molecular weight is 279 g/mol. The monoisotopic (exact) mass is 279 g/mol. The Labute approximate surface area is 126 Å². The Hall–Kier alpha value is -2.03. The molecule has 0 N–H and O–H groups in total. The van der Waals surface area contributed by atoms with Gasteiger partial charge in [-0.15, -0.1) is 0 Å². The molecule has 2 aliphatic heterocycles. The highest BCUT2D eigenvalue weighted by Gasteiger charge is 2.41. The van der Waals surface area contributed by atoms with Gasteiger partial charge in [0.25, 0.3) is 0 Å². The van der Waals surface area contributed by atoms with Gasteiger partial charge in [-0.1, -0.05) is 32.9 Å². The fourth-order valence-electron chi connectivity index (χ4n) is 3.47. The lowest BCUT2D eigenvalue weighted by Crippen LogP contribution is -2.36. The summed E-state index contributed by atoms with van der Waals surface area (Å²) >= 11 is 0. The van der Waals surface area contributed by atoms with E-state index in [0.717, 1.165) is 12.2 Å². The Bertz CT molecular complexity index is 715. The second-order valence-corrected chi connectivity index (χ2v) is 7.11. The number of nitrogens with zero attached hydrogens (tertiary/aromatic N) is 3. The number of fused-ring (bicyclic) bond motifs is 5. The molecular formula is C18H21N3. The highest BCUT2D eigenvalue weighted by Crippen LogP contribution is 2.48. The molecule has 3 heterocycles. The Kier molecular flexibility index (Phi) is 2.42. The molecule has 0 saturated heterocycles. The molecule has 0 amide bonds. The number of pyridine rings is 1. The second-order valence-electron chi connectivity index (χ2n) is 7.11. The van der Waals surface area contributed by atoms with Gasteiger partial charge in [-0.2, -0.15) is 0 Å². The standard InChI is InChI=1S/C18H21N3/c1-18(2,3)13-7-8-14-12(10-13)11-16-20(4)15-6-5-9-19-17(15)21(14)16/h5-10,16H,11H2,1-4H3. The van der Waals surface area contributed by atoms with Crippen LogP contribution in [-0.4, -0.2) is 18.2 Å². The van der Waals surface area contributed by atoms with Crippen LogP contribution in [0.25, 0.3) is 0 Å². The van der Waals surface area contributed by atoms with E-state index in [9.17, 15) is 0 Å². The number of benzene rings is 1. The zero-order chi connectivity index (χ0) is 14.8. The topological polar surface area (TPSA) is 19.4 Å². The van der Waals surface area contributed by atoms with Crippen LogP contribution in [0.3, 0.4) is 0 Å². The quantitative estimate of drug-likeness (QED) is 0.730. The fraction of sp³-hybridized carbons (Fsp3) is 0.389. The molecule has 21 heavy (non-hydrogen) atoms. The van der Waals surface area contributed by atoms with E-state index in [0.29, 0.717) is 6.17 Å². The second kappa shape index (κ2) is 4.00. The highest BCUT2D eigenvalue weighted by atomic mass is 15.4. The molecule has 1 aromatic heterocycles. The molecule has 3 nitrogen and oxygen atoms in total. The van der Waals surface area contributed by atoms with Crippen LogP contribution in [0, 0.1) is 0 Å². The van der Waals surface area contributed by atoms with E-state index in [-0.39, 0.29) is 5.41 Å². The van der Waals surface area contributed by atoms with Crippen molar-refractivity contribution in [2.75, 3.05) is 16.8 Å². The van der Waals surface area contributed by atoms with E-state index >= 15 is 0 Å². The lowest BCUT2D eigenvalue weighted by molar-refractivity contribution is 0.589. The van der Waals surface area contributed by atoms with Gasteiger partial charge in [0.15, 0.2) is 5.82 Å². The number of aromatic nitrogens is 1. The summed E-state index contributed by atoms with van der Waals surface area (Å²) in [4.78, 5) is 9.34. The molecule has 1 aromatic carbocycles. The van der Waals surface area contributed by atoms with Crippen molar-refractivity contribution in [2.24, 2.45) is 0 Å². The zero-order valence-corrected chi connectivity index (χ0v) is 13.1. The van der Waals surface area contributed by atoms with E-state index < -0.39 is 0 Å². The first-order chi connectivity index (χ1) is 9.97. The van der Waals surface area contributed by atoms with Crippen molar-refractivity contribution in [1.29, 1.82) is 0 Å². The van der Waals surface area contributed by atoms with Crippen molar-refractivity contribution in [1.82, 2.24) is 4.98 Å². The summed E-state index contributed by atoms with van der Waals surface area (Å²) < 4.78 is 0. The van der Waals surface area contributed by atoms with Gasteiger partial charge in [-0.25, -0.2) is 4.98 Å². The van der Waals surface area contributed by atoms with Crippen LogP contribution in [0.2, 0.25) is 0 Å². The molecule has 0 fully saturated rings. The molecule has 0 saturated carbocycles. The van der Waals surface area contributed by atoms with E-state index in [4.69, 9.17) is 0 Å². The first kappa shape index (κ1) is 12.7. The third-order valence-corrected chi connectivity index (χ3v) is 4.73. The SMILES string of the molecule is CN1c2cccnc2N2c3ccc(C(C)(C)C)cc3CC12.